The van der Waals surface area contributed by atoms with Crippen molar-refractivity contribution >= 4 is 34.8 Å². The first kappa shape index (κ1) is 14.5. The van der Waals surface area contributed by atoms with E-state index in [2.05, 4.69) is 5.32 Å². The molecule has 0 saturated heterocycles. The lowest BCUT2D eigenvalue weighted by molar-refractivity contribution is 0.102. The molecular weight excluding hydrogens is 301 g/mol. The van der Waals surface area contributed by atoms with E-state index in [1.807, 2.05) is 0 Å². The Balaban J connectivity index is 2.33. The summed E-state index contributed by atoms with van der Waals surface area (Å²) in [6, 6.07) is 9.26. The average molecular weight is 312 g/mol. The Kier molecular flexibility index (Phi) is 4.37. The summed E-state index contributed by atoms with van der Waals surface area (Å²) in [5.74, 6) is -0.427. The number of anilines is 1. The minimum absolute atomic E-state index is 0.0426. The summed E-state index contributed by atoms with van der Waals surface area (Å²) in [6.45, 7) is 0. The maximum absolute atomic E-state index is 12.2. The molecule has 0 saturated carbocycles. The normalized spacial score (nSPS) is 10.2. The number of halogens is 2. The van der Waals surface area contributed by atoms with Crippen molar-refractivity contribution in [2.24, 2.45) is 0 Å². The van der Waals surface area contributed by atoms with Crippen LogP contribution in [0.3, 0.4) is 0 Å². The molecule has 0 fully saturated rings. The van der Waals surface area contributed by atoms with Crippen LogP contribution >= 0.6 is 23.2 Å². The molecule has 0 heterocycles. The first-order valence-corrected chi connectivity index (χ1v) is 6.41. The molecule has 0 aliphatic heterocycles. The van der Waals surface area contributed by atoms with E-state index in [9.17, 15) is 9.90 Å². The van der Waals surface area contributed by atoms with Gasteiger partial charge in [0.05, 0.1) is 17.8 Å². The van der Waals surface area contributed by atoms with Gasteiger partial charge in [-0.15, -0.1) is 0 Å². The monoisotopic (exact) mass is 311 g/mol. The van der Waals surface area contributed by atoms with Gasteiger partial charge in [0, 0.05) is 5.02 Å². The number of hydrogen-bond acceptors (Lipinski definition) is 3. The summed E-state index contributed by atoms with van der Waals surface area (Å²) in [7, 11) is 1.42. The quantitative estimate of drug-likeness (QED) is 0.902. The molecule has 0 spiro atoms. The number of benzene rings is 2. The zero-order valence-corrected chi connectivity index (χ0v) is 12.0. The molecule has 0 radical (unpaired) electrons. The maximum Gasteiger partial charge on any atom is 0.263 e. The maximum atomic E-state index is 12.2. The Morgan fingerprint density at radius 1 is 1.25 bits per heavy atom. The Morgan fingerprint density at radius 3 is 2.65 bits per heavy atom. The number of nitrogens with one attached hydrogen (secondary N) is 1. The lowest BCUT2D eigenvalue weighted by Gasteiger charge is -2.11. The summed E-state index contributed by atoms with van der Waals surface area (Å²) >= 11 is 11.8. The van der Waals surface area contributed by atoms with Crippen molar-refractivity contribution < 1.29 is 14.6 Å². The highest BCUT2D eigenvalue weighted by Gasteiger charge is 2.18. The standard InChI is InChI=1S/C14H11Cl2NO3/c1-20-12-4-2-3-11(18)13(12)14(19)17-10-6-5-8(15)7-9(10)16/h2-7,18H,1H3,(H,17,19). The number of aromatic hydroxyl groups is 1. The third-order valence-electron chi connectivity index (χ3n) is 2.63. The van der Waals surface area contributed by atoms with E-state index in [-0.39, 0.29) is 17.1 Å². The second-order valence-corrected chi connectivity index (χ2v) is 4.78. The van der Waals surface area contributed by atoms with Gasteiger partial charge in [-0.05, 0) is 30.3 Å². The molecule has 2 aromatic carbocycles. The first-order valence-electron chi connectivity index (χ1n) is 5.65. The van der Waals surface area contributed by atoms with Crippen LogP contribution in [0.5, 0.6) is 11.5 Å². The molecule has 0 aliphatic carbocycles. The number of ether oxygens (including phenoxy) is 1. The smallest absolute Gasteiger partial charge is 0.263 e. The Labute approximate surface area is 125 Å². The van der Waals surface area contributed by atoms with Gasteiger partial charge in [-0.2, -0.15) is 0 Å². The van der Waals surface area contributed by atoms with Gasteiger partial charge in [0.2, 0.25) is 0 Å². The van der Waals surface area contributed by atoms with Crippen LogP contribution in [0.2, 0.25) is 10.0 Å². The molecule has 2 aromatic rings. The fourth-order valence-corrected chi connectivity index (χ4v) is 2.15. The number of carbonyl (C=O) groups excluding carboxylic acids is 1. The number of amides is 1. The van der Waals surface area contributed by atoms with Gasteiger partial charge in [-0.1, -0.05) is 29.3 Å². The molecule has 2 N–H and O–H groups in total. The van der Waals surface area contributed by atoms with Gasteiger partial charge in [-0.3, -0.25) is 4.79 Å². The van der Waals surface area contributed by atoms with Crippen molar-refractivity contribution in [3.05, 3.63) is 52.0 Å². The van der Waals surface area contributed by atoms with E-state index in [1.165, 1.54) is 19.2 Å². The first-order chi connectivity index (χ1) is 9.52. The molecule has 0 bridgehead atoms. The summed E-state index contributed by atoms with van der Waals surface area (Å²) < 4.78 is 5.06. The minimum Gasteiger partial charge on any atom is -0.507 e. The molecule has 2 rings (SSSR count). The van der Waals surface area contributed by atoms with Crippen molar-refractivity contribution in [1.82, 2.24) is 0 Å². The van der Waals surface area contributed by atoms with E-state index < -0.39 is 5.91 Å². The van der Waals surface area contributed by atoms with Crippen molar-refractivity contribution in [2.75, 3.05) is 12.4 Å². The molecule has 20 heavy (non-hydrogen) atoms. The van der Waals surface area contributed by atoms with Crippen molar-refractivity contribution in [3.63, 3.8) is 0 Å². The summed E-state index contributed by atoms with van der Waals surface area (Å²) in [5, 5.41) is 13.2. The van der Waals surface area contributed by atoms with Crippen LogP contribution in [-0.4, -0.2) is 18.1 Å². The molecule has 1 amide bonds. The van der Waals surface area contributed by atoms with E-state index in [0.29, 0.717) is 15.7 Å². The predicted molar refractivity (Wildman–Crippen MR) is 79.1 cm³/mol. The number of methoxy groups -OCH3 is 1. The largest absolute Gasteiger partial charge is 0.507 e. The van der Waals surface area contributed by atoms with Crippen LogP contribution in [-0.2, 0) is 0 Å². The molecule has 0 atom stereocenters. The van der Waals surface area contributed by atoms with Crippen LogP contribution in [0.1, 0.15) is 10.4 Å². The Morgan fingerprint density at radius 2 is 2.00 bits per heavy atom. The lowest BCUT2D eigenvalue weighted by Crippen LogP contribution is -2.13. The van der Waals surface area contributed by atoms with E-state index >= 15 is 0 Å². The van der Waals surface area contributed by atoms with Crippen LogP contribution in [0.15, 0.2) is 36.4 Å². The Bertz CT molecular complexity index is 659. The molecule has 0 aliphatic rings. The summed E-state index contributed by atoms with van der Waals surface area (Å²) in [5.41, 5.74) is 0.437. The number of carbonyl (C=O) groups is 1. The second-order valence-electron chi connectivity index (χ2n) is 3.93. The average Bonchev–Trinajstić information content (AvgIpc) is 2.41. The molecule has 6 heteroatoms. The fraction of sp³-hybridized carbons (Fsp3) is 0.0714. The zero-order valence-electron chi connectivity index (χ0n) is 10.5. The van der Waals surface area contributed by atoms with Gasteiger partial charge in [-0.25, -0.2) is 0 Å². The minimum atomic E-state index is -0.524. The third-order valence-corrected chi connectivity index (χ3v) is 3.18. The van der Waals surface area contributed by atoms with Crippen LogP contribution in [0.25, 0.3) is 0 Å². The predicted octanol–water partition coefficient (Wildman–Crippen LogP) is 3.96. The van der Waals surface area contributed by atoms with Crippen LogP contribution in [0.4, 0.5) is 5.69 Å². The zero-order chi connectivity index (χ0) is 14.7. The highest BCUT2D eigenvalue weighted by Crippen LogP contribution is 2.30. The van der Waals surface area contributed by atoms with E-state index in [1.54, 1.807) is 24.3 Å². The second kappa shape index (κ2) is 6.03. The number of rotatable bonds is 3. The van der Waals surface area contributed by atoms with Crippen molar-refractivity contribution in [3.8, 4) is 11.5 Å². The summed E-state index contributed by atoms with van der Waals surface area (Å²) in [4.78, 5) is 12.2. The van der Waals surface area contributed by atoms with Gasteiger partial charge in [0.25, 0.3) is 5.91 Å². The number of phenolic OH excluding ortho intramolecular Hbond substituents is 1. The van der Waals surface area contributed by atoms with Gasteiger partial charge in [0.1, 0.15) is 17.1 Å². The van der Waals surface area contributed by atoms with Gasteiger partial charge < -0.3 is 15.2 Å². The van der Waals surface area contributed by atoms with E-state index in [4.69, 9.17) is 27.9 Å². The van der Waals surface area contributed by atoms with Gasteiger partial charge in [0.15, 0.2) is 0 Å². The van der Waals surface area contributed by atoms with Crippen molar-refractivity contribution in [1.29, 1.82) is 0 Å². The van der Waals surface area contributed by atoms with E-state index in [0.717, 1.165) is 0 Å². The molecule has 0 unspecified atom stereocenters. The SMILES string of the molecule is COc1cccc(O)c1C(=O)Nc1ccc(Cl)cc1Cl. The van der Waals surface area contributed by atoms with Crippen LogP contribution in [0, 0.1) is 0 Å². The van der Waals surface area contributed by atoms with Crippen molar-refractivity contribution in [2.45, 2.75) is 0 Å². The molecule has 0 aromatic heterocycles. The van der Waals surface area contributed by atoms with Gasteiger partial charge >= 0.3 is 0 Å². The number of phenols is 1. The fourth-order valence-electron chi connectivity index (χ4n) is 1.69. The molecule has 4 nitrogen and oxygen atoms in total. The topological polar surface area (TPSA) is 58.6 Å². The summed E-state index contributed by atoms with van der Waals surface area (Å²) in [6.07, 6.45) is 0. The van der Waals surface area contributed by atoms with Crippen LogP contribution < -0.4 is 10.1 Å². The lowest BCUT2D eigenvalue weighted by atomic mass is 10.1. The molecule has 104 valence electrons. The third kappa shape index (κ3) is 2.98. The highest BCUT2D eigenvalue weighted by molar-refractivity contribution is 6.36. The highest BCUT2D eigenvalue weighted by atomic mass is 35.5. The molecular formula is C14H11Cl2NO3. The Hall–Kier alpha value is -1.91. The number of hydrogen-bond donors (Lipinski definition) is 2.